The normalized spacial score (nSPS) is 77.1. The van der Waals surface area contributed by atoms with E-state index in [4.69, 9.17) is 9.47 Å². The fraction of sp³-hybridized carbons (Fsp3) is 1.00. The molecule has 2 heterocycles. The molecule has 0 aromatic carbocycles. The van der Waals surface area contributed by atoms with E-state index in [1.807, 2.05) is 0 Å². The third kappa shape index (κ3) is 0.805. The zero-order valence-electron chi connectivity index (χ0n) is 10.3. The van der Waals surface area contributed by atoms with Gasteiger partial charge in [-0.2, -0.15) is 0 Å². The first-order chi connectivity index (χ1) is 8.33. The van der Waals surface area contributed by atoms with E-state index in [1.165, 1.54) is 19.3 Å². The number of hydrogen-bond acceptors (Lipinski definition) is 2. The lowest BCUT2D eigenvalue weighted by Crippen LogP contribution is -2.43. The SMILES string of the molecule is CC1OC2CC1C1C3CC(C4CC5OC5C43)C21. The smallest absolute Gasteiger partial charge is 0.0875 e. The Hall–Kier alpha value is -0.0800. The van der Waals surface area contributed by atoms with Gasteiger partial charge in [-0.15, -0.1) is 0 Å². The third-order valence-electron chi connectivity index (χ3n) is 7.44. The maximum Gasteiger partial charge on any atom is 0.0875 e. The van der Waals surface area contributed by atoms with Crippen LogP contribution in [0.5, 0.6) is 0 Å². The molecular formula is C15H20O2. The number of epoxide rings is 1. The molecule has 0 aromatic rings. The van der Waals surface area contributed by atoms with Crippen molar-refractivity contribution in [3.8, 4) is 0 Å². The average molecular weight is 232 g/mol. The Labute approximate surface area is 102 Å². The average Bonchev–Trinajstić information content (AvgIpc) is 2.78. The molecule has 6 rings (SSSR count). The molecule has 4 bridgehead atoms. The minimum absolute atomic E-state index is 0.552. The van der Waals surface area contributed by atoms with Gasteiger partial charge in [-0.25, -0.2) is 0 Å². The summed E-state index contributed by atoms with van der Waals surface area (Å²) in [5.74, 6) is 6.93. The number of rotatable bonds is 0. The van der Waals surface area contributed by atoms with Gasteiger partial charge in [0.15, 0.2) is 0 Å². The van der Waals surface area contributed by atoms with E-state index in [2.05, 4.69) is 6.92 Å². The van der Waals surface area contributed by atoms with Crippen molar-refractivity contribution in [2.24, 2.45) is 41.4 Å². The second kappa shape index (κ2) is 2.46. The van der Waals surface area contributed by atoms with Crippen LogP contribution in [0.2, 0.25) is 0 Å². The molecule has 92 valence electrons. The molecule has 0 amide bonds. The molecule has 0 aromatic heterocycles. The van der Waals surface area contributed by atoms with Gasteiger partial charge >= 0.3 is 0 Å². The molecule has 0 radical (unpaired) electrons. The zero-order chi connectivity index (χ0) is 10.9. The quantitative estimate of drug-likeness (QED) is 0.471. The highest BCUT2D eigenvalue weighted by Gasteiger charge is 2.73. The molecule has 0 N–H and O–H groups in total. The van der Waals surface area contributed by atoms with Gasteiger partial charge in [-0.1, -0.05) is 0 Å². The van der Waals surface area contributed by atoms with Gasteiger partial charge in [0, 0.05) is 0 Å². The van der Waals surface area contributed by atoms with E-state index in [0.717, 1.165) is 41.4 Å². The van der Waals surface area contributed by atoms with Crippen LogP contribution in [-0.2, 0) is 9.47 Å². The zero-order valence-corrected chi connectivity index (χ0v) is 10.3. The van der Waals surface area contributed by atoms with Crippen molar-refractivity contribution in [3.63, 3.8) is 0 Å². The van der Waals surface area contributed by atoms with E-state index >= 15 is 0 Å². The first-order valence-electron chi connectivity index (χ1n) is 7.64. The van der Waals surface area contributed by atoms with Gasteiger partial charge in [0.2, 0.25) is 0 Å². The van der Waals surface area contributed by atoms with Crippen LogP contribution in [0.25, 0.3) is 0 Å². The second-order valence-corrected chi connectivity index (χ2v) is 7.61. The van der Waals surface area contributed by atoms with Gasteiger partial charge in [-0.3, -0.25) is 0 Å². The van der Waals surface area contributed by atoms with Crippen molar-refractivity contribution >= 4 is 0 Å². The van der Waals surface area contributed by atoms with E-state index < -0.39 is 0 Å². The lowest BCUT2D eigenvalue weighted by Gasteiger charge is -2.43. The number of ether oxygens (including phenoxy) is 2. The maximum absolute atomic E-state index is 6.18. The van der Waals surface area contributed by atoms with E-state index in [1.54, 1.807) is 0 Å². The van der Waals surface area contributed by atoms with Gasteiger partial charge in [0.1, 0.15) is 0 Å². The van der Waals surface area contributed by atoms with Crippen LogP contribution in [-0.4, -0.2) is 24.4 Å². The van der Waals surface area contributed by atoms with Gasteiger partial charge in [0.05, 0.1) is 24.4 Å². The molecule has 11 atom stereocenters. The molecular weight excluding hydrogens is 212 g/mol. The van der Waals surface area contributed by atoms with Crippen molar-refractivity contribution in [2.75, 3.05) is 0 Å². The summed E-state index contributed by atoms with van der Waals surface area (Å²) >= 11 is 0. The molecule has 6 aliphatic rings. The summed E-state index contributed by atoms with van der Waals surface area (Å²) in [4.78, 5) is 0. The Morgan fingerprint density at radius 3 is 2.47 bits per heavy atom. The van der Waals surface area contributed by atoms with E-state index in [-0.39, 0.29) is 0 Å². The number of fused-ring (bicyclic) bond motifs is 14. The Bertz CT molecular complexity index is 408. The standard InChI is InChI=1S/C15H20O2/c1-5-6-3-10(16-5)14-7-2-9(12(6)14)13-8(7)4-11-15(13)17-11/h5-15H,2-4H2,1H3. The van der Waals surface area contributed by atoms with Crippen molar-refractivity contribution in [1.29, 1.82) is 0 Å². The maximum atomic E-state index is 6.18. The molecule has 2 nitrogen and oxygen atoms in total. The molecule has 11 unspecified atom stereocenters. The van der Waals surface area contributed by atoms with Crippen LogP contribution < -0.4 is 0 Å². The van der Waals surface area contributed by atoms with Crippen LogP contribution >= 0.6 is 0 Å². The summed E-state index contributed by atoms with van der Waals surface area (Å²) in [6.45, 7) is 2.31. The Kier molecular flexibility index (Phi) is 1.29. The van der Waals surface area contributed by atoms with Gasteiger partial charge in [0.25, 0.3) is 0 Å². The lowest BCUT2D eigenvalue weighted by molar-refractivity contribution is -0.0883. The van der Waals surface area contributed by atoms with Crippen LogP contribution in [0.1, 0.15) is 26.2 Å². The highest BCUT2D eigenvalue weighted by molar-refractivity contribution is 5.21. The molecule has 4 saturated carbocycles. The van der Waals surface area contributed by atoms with Crippen molar-refractivity contribution in [1.82, 2.24) is 0 Å². The predicted octanol–water partition coefficient (Wildman–Crippen LogP) is 2.08. The van der Waals surface area contributed by atoms with Gasteiger partial charge < -0.3 is 9.47 Å². The second-order valence-electron chi connectivity index (χ2n) is 7.61. The monoisotopic (exact) mass is 232 g/mol. The summed E-state index contributed by atoms with van der Waals surface area (Å²) in [5, 5.41) is 0. The first kappa shape index (κ1) is 8.92. The Morgan fingerprint density at radius 1 is 0.706 bits per heavy atom. The fourth-order valence-corrected chi connectivity index (χ4v) is 7.18. The molecule has 2 heteroatoms. The number of hydrogen-bond donors (Lipinski definition) is 0. The summed E-state index contributed by atoms with van der Waals surface area (Å²) in [7, 11) is 0. The molecule has 17 heavy (non-hydrogen) atoms. The highest BCUT2D eigenvalue weighted by Crippen LogP contribution is 2.73. The van der Waals surface area contributed by atoms with E-state index in [0.29, 0.717) is 24.4 Å². The third-order valence-corrected chi connectivity index (χ3v) is 7.44. The van der Waals surface area contributed by atoms with Crippen LogP contribution in [0.4, 0.5) is 0 Å². The predicted molar refractivity (Wildman–Crippen MR) is 61.3 cm³/mol. The molecule has 6 fully saturated rings. The van der Waals surface area contributed by atoms with Gasteiger partial charge in [-0.05, 0) is 67.6 Å². The fourth-order valence-electron chi connectivity index (χ4n) is 7.18. The van der Waals surface area contributed by atoms with Crippen LogP contribution in [0, 0.1) is 41.4 Å². The molecule has 2 aliphatic heterocycles. The molecule has 0 spiro atoms. The summed E-state index contributed by atoms with van der Waals surface area (Å²) in [6.07, 6.45) is 6.90. The summed E-state index contributed by atoms with van der Waals surface area (Å²) in [6, 6.07) is 0. The largest absolute Gasteiger partial charge is 0.375 e. The molecule has 4 aliphatic carbocycles. The van der Waals surface area contributed by atoms with Crippen molar-refractivity contribution in [2.45, 2.75) is 50.6 Å². The molecule has 2 saturated heterocycles. The van der Waals surface area contributed by atoms with Crippen molar-refractivity contribution < 1.29 is 9.47 Å². The minimum atomic E-state index is 0.552. The first-order valence-corrected chi connectivity index (χ1v) is 7.64. The Morgan fingerprint density at radius 2 is 1.53 bits per heavy atom. The highest BCUT2D eigenvalue weighted by atomic mass is 16.6. The Balaban J connectivity index is 1.45. The summed E-state index contributed by atoms with van der Waals surface area (Å²) < 4.78 is 12.0. The van der Waals surface area contributed by atoms with Crippen molar-refractivity contribution in [3.05, 3.63) is 0 Å². The van der Waals surface area contributed by atoms with E-state index in [9.17, 15) is 0 Å². The summed E-state index contributed by atoms with van der Waals surface area (Å²) in [5.41, 5.74) is 0. The topological polar surface area (TPSA) is 21.8 Å². The lowest BCUT2D eigenvalue weighted by atomic mass is 9.66. The minimum Gasteiger partial charge on any atom is -0.375 e. The van der Waals surface area contributed by atoms with Crippen LogP contribution in [0.15, 0.2) is 0 Å². The van der Waals surface area contributed by atoms with Crippen LogP contribution in [0.3, 0.4) is 0 Å².